The lowest BCUT2D eigenvalue weighted by Crippen LogP contribution is -2.52. The first kappa shape index (κ1) is 24.6. The van der Waals surface area contributed by atoms with Crippen LogP contribution in [0.25, 0.3) is 27.5 Å². The lowest BCUT2D eigenvalue weighted by atomic mass is 9.45. The maximum absolute atomic E-state index is 5.13. The van der Waals surface area contributed by atoms with E-state index in [-0.39, 0.29) is 0 Å². The van der Waals surface area contributed by atoms with E-state index < -0.39 is 10.8 Å². The van der Waals surface area contributed by atoms with E-state index in [1.165, 1.54) is 55.2 Å². The Kier molecular flexibility index (Phi) is 4.85. The molecule has 0 N–H and O–H groups in total. The Morgan fingerprint density at radius 2 is 0.800 bits per heavy atom. The summed E-state index contributed by atoms with van der Waals surface area (Å²) >= 11 is 0. The molecular formula is C42H27N3. The van der Waals surface area contributed by atoms with Gasteiger partial charge in [0.2, 0.25) is 0 Å². The van der Waals surface area contributed by atoms with Crippen LogP contribution in [0.3, 0.4) is 0 Å². The summed E-state index contributed by atoms with van der Waals surface area (Å²) in [5.41, 5.74) is 12.0. The van der Waals surface area contributed by atoms with Crippen LogP contribution in [-0.2, 0) is 10.8 Å². The summed E-state index contributed by atoms with van der Waals surface area (Å²) in [6.07, 6.45) is 3.86. The van der Waals surface area contributed by atoms with Crippen LogP contribution < -0.4 is 0 Å². The van der Waals surface area contributed by atoms with Gasteiger partial charge in [0.05, 0.1) is 33.3 Å². The molecule has 3 aliphatic carbocycles. The van der Waals surface area contributed by atoms with E-state index in [0.29, 0.717) is 0 Å². The average Bonchev–Trinajstić information content (AvgIpc) is 3.46. The molecule has 0 spiro atoms. The van der Waals surface area contributed by atoms with Gasteiger partial charge in [0.25, 0.3) is 0 Å². The van der Waals surface area contributed by atoms with Crippen LogP contribution in [0.2, 0.25) is 0 Å². The lowest BCUT2D eigenvalue weighted by molar-refractivity contribution is 0.538. The highest BCUT2D eigenvalue weighted by Crippen LogP contribution is 2.65. The van der Waals surface area contributed by atoms with E-state index in [9.17, 15) is 0 Å². The Bertz CT molecular complexity index is 2340. The third-order valence-electron chi connectivity index (χ3n) is 10.2. The van der Waals surface area contributed by atoms with Crippen LogP contribution in [0.15, 0.2) is 164 Å². The summed E-state index contributed by atoms with van der Waals surface area (Å²) in [5, 5.41) is 2.51. The summed E-state index contributed by atoms with van der Waals surface area (Å²) in [6.45, 7) is 0. The van der Waals surface area contributed by atoms with Crippen molar-refractivity contribution in [3.8, 4) is 5.69 Å². The highest BCUT2D eigenvalue weighted by Gasteiger charge is 2.61. The van der Waals surface area contributed by atoms with Crippen molar-refractivity contribution in [2.75, 3.05) is 0 Å². The maximum Gasteiger partial charge on any atom is 0.0884 e. The first-order valence-electron chi connectivity index (χ1n) is 15.5. The summed E-state index contributed by atoms with van der Waals surface area (Å²) in [7, 11) is 0. The average molecular weight is 574 g/mol. The predicted octanol–water partition coefficient (Wildman–Crippen LogP) is 8.97. The molecule has 5 aromatic carbocycles. The van der Waals surface area contributed by atoms with Crippen LogP contribution in [0.1, 0.15) is 44.8 Å². The summed E-state index contributed by atoms with van der Waals surface area (Å²) in [4.78, 5) is 10.2. The Labute approximate surface area is 261 Å². The number of para-hydroxylation sites is 2. The van der Waals surface area contributed by atoms with E-state index >= 15 is 0 Å². The number of nitrogens with zero attached hydrogens (tertiary/aromatic N) is 3. The van der Waals surface area contributed by atoms with Gasteiger partial charge < -0.3 is 4.57 Å². The van der Waals surface area contributed by atoms with E-state index in [2.05, 4.69) is 144 Å². The van der Waals surface area contributed by atoms with E-state index in [4.69, 9.17) is 9.97 Å². The minimum Gasteiger partial charge on any atom is -0.309 e. The molecule has 3 nitrogen and oxygen atoms in total. The third-order valence-corrected chi connectivity index (χ3v) is 10.2. The zero-order valence-electron chi connectivity index (χ0n) is 24.4. The van der Waals surface area contributed by atoms with Crippen molar-refractivity contribution in [2.45, 2.75) is 10.8 Å². The molecule has 3 heterocycles. The highest BCUT2D eigenvalue weighted by atomic mass is 15.0. The van der Waals surface area contributed by atoms with Gasteiger partial charge in [0, 0.05) is 28.9 Å². The first-order valence-corrected chi connectivity index (χ1v) is 15.5. The fourth-order valence-corrected chi connectivity index (χ4v) is 8.65. The van der Waals surface area contributed by atoms with Crippen molar-refractivity contribution in [2.24, 2.45) is 0 Å². The summed E-state index contributed by atoms with van der Waals surface area (Å²) < 4.78 is 2.42. The molecule has 0 radical (unpaired) electrons. The molecule has 0 amide bonds. The minimum atomic E-state index is -0.602. The molecular weight excluding hydrogens is 546 g/mol. The van der Waals surface area contributed by atoms with Crippen LogP contribution in [0, 0.1) is 0 Å². The molecule has 0 unspecified atom stereocenters. The van der Waals surface area contributed by atoms with Crippen molar-refractivity contribution in [3.05, 3.63) is 209 Å². The topological polar surface area (TPSA) is 30.7 Å². The van der Waals surface area contributed by atoms with Crippen molar-refractivity contribution >= 4 is 21.8 Å². The quantitative estimate of drug-likeness (QED) is 0.211. The van der Waals surface area contributed by atoms with E-state index in [1.54, 1.807) is 0 Å². The van der Waals surface area contributed by atoms with Crippen LogP contribution in [-0.4, -0.2) is 14.5 Å². The van der Waals surface area contributed by atoms with E-state index in [0.717, 1.165) is 17.1 Å². The predicted molar refractivity (Wildman–Crippen MR) is 180 cm³/mol. The Morgan fingerprint density at radius 1 is 0.378 bits per heavy atom. The van der Waals surface area contributed by atoms with Gasteiger partial charge in [-0.2, -0.15) is 0 Å². The largest absolute Gasteiger partial charge is 0.309 e. The number of pyridine rings is 2. The standard InChI is InChI=1S/C42H27N3/c1-7-19-37-29(13-1)30-14-2-8-20-38(30)45(37)28-23-24-35-36(27-28)42(40-22-10-12-26-44-40)33-17-5-3-15-31(33)41(35,39-21-9-11-25-43-39)32-16-4-6-18-34(32)42/h1-27H. The summed E-state index contributed by atoms with van der Waals surface area (Å²) in [6, 6.07) is 55.1. The zero-order valence-corrected chi connectivity index (χ0v) is 24.4. The number of benzene rings is 5. The monoisotopic (exact) mass is 573 g/mol. The van der Waals surface area contributed by atoms with Crippen molar-refractivity contribution in [3.63, 3.8) is 0 Å². The smallest absolute Gasteiger partial charge is 0.0884 e. The van der Waals surface area contributed by atoms with Crippen LogP contribution in [0.5, 0.6) is 0 Å². The second kappa shape index (κ2) is 8.87. The molecule has 3 aromatic heterocycles. The van der Waals surface area contributed by atoms with Crippen molar-refractivity contribution < 1.29 is 0 Å². The van der Waals surface area contributed by atoms with Gasteiger partial charge in [0.15, 0.2) is 0 Å². The molecule has 0 aliphatic heterocycles. The first-order chi connectivity index (χ1) is 22.3. The Hall–Kier alpha value is -5.80. The SMILES string of the molecule is c1ccc(C23c4ccccc4C(c4ccccn4)(c4ccccc42)c2cc(-n4c5ccccc5c5ccccc54)ccc23)nc1. The second-order valence-electron chi connectivity index (χ2n) is 12.1. The molecule has 3 heteroatoms. The van der Waals surface area contributed by atoms with Crippen molar-refractivity contribution in [1.82, 2.24) is 14.5 Å². The molecule has 0 atom stereocenters. The van der Waals surface area contributed by atoms with Gasteiger partial charge >= 0.3 is 0 Å². The molecule has 0 fully saturated rings. The lowest BCUT2D eigenvalue weighted by Gasteiger charge is -2.56. The molecule has 11 rings (SSSR count). The Morgan fingerprint density at radius 3 is 1.29 bits per heavy atom. The number of hydrogen-bond donors (Lipinski definition) is 0. The highest BCUT2D eigenvalue weighted by molar-refractivity contribution is 6.09. The molecule has 0 saturated carbocycles. The third kappa shape index (κ3) is 2.91. The van der Waals surface area contributed by atoms with Gasteiger partial charge in [-0.1, -0.05) is 103 Å². The molecule has 0 saturated heterocycles. The number of hydrogen-bond acceptors (Lipinski definition) is 2. The summed E-state index contributed by atoms with van der Waals surface area (Å²) in [5.74, 6) is 0. The van der Waals surface area contributed by atoms with Gasteiger partial charge in [-0.3, -0.25) is 9.97 Å². The van der Waals surface area contributed by atoms with Gasteiger partial charge in [0.1, 0.15) is 0 Å². The van der Waals surface area contributed by atoms with Crippen molar-refractivity contribution in [1.29, 1.82) is 0 Å². The molecule has 210 valence electrons. The number of aromatic nitrogens is 3. The zero-order chi connectivity index (χ0) is 29.6. The maximum atomic E-state index is 5.13. The molecule has 45 heavy (non-hydrogen) atoms. The van der Waals surface area contributed by atoms with Crippen LogP contribution >= 0.6 is 0 Å². The molecule has 3 aliphatic rings. The Balaban J connectivity index is 1.41. The normalized spacial score (nSPS) is 19.3. The fraction of sp³-hybridized carbons (Fsp3) is 0.0476. The molecule has 8 aromatic rings. The van der Waals surface area contributed by atoms with E-state index in [1.807, 2.05) is 24.5 Å². The fourth-order valence-electron chi connectivity index (χ4n) is 8.65. The number of fused-ring (bicyclic) bond motifs is 3. The van der Waals surface area contributed by atoms with Gasteiger partial charge in [-0.25, -0.2) is 0 Å². The van der Waals surface area contributed by atoms with Crippen LogP contribution in [0.4, 0.5) is 0 Å². The second-order valence-corrected chi connectivity index (χ2v) is 12.1. The van der Waals surface area contributed by atoms with Gasteiger partial charge in [-0.15, -0.1) is 0 Å². The van der Waals surface area contributed by atoms with Gasteiger partial charge in [-0.05, 0) is 81.9 Å². The minimum absolute atomic E-state index is 0.570. The molecule has 2 bridgehead atoms. The number of rotatable bonds is 3.